The Kier molecular flexibility index (Phi) is 6.61. The van der Waals surface area contributed by atoms with Gasteiger partial charge in [0.25, 0.3) is 0 Å². The summed E-state index contributed by atoms with van der Waals surface area (Å²) in [4.78, 5) is 15.7. The van der Waals surface area contributed by atoms with Gasteiger partial charge in [-0.25, -0.2) is 0 Å². The second kappa shape index (κ2) is 7.24. The number of carbonyl (C=O) groups is 1. The zero-order chi connectivity index (χ0) is 12.4. The fourth-order valence-electron chi connectivity index (χ4n) is 1.55. The minimum absolute atomic E-state index is 0. The first-order valence-corrected chi connectivity index (χ1v) is 6.32. The molecular formula is C12H9ClKNO2S. The Labute approximate surface area is 157 Å². The Morgan fingerprint density at radius 1 is 1.44 bits per heavy atom. The van der Waals surface area contributed by atoms with E-state index in [-0.39, 0.29) is 57.1 Å². The van der Waals surface area contributed by atoms with E-state index in [1.807, 2.05) is 19.1 Å². The van der Waals surface area contributed by atoms with E-state index < -0.39 is 5.97 Å². The topological polar surface area (TPSA) is 53.0 Å². The van der Waals surface area contributed by atoms with E-state index in [0.717, 1.165) is 21.5 Å². The Morgan fingerprint density at radius 2 is 2.17 bits per heavy atom. The van der Waals surface area contributed by atoms with Crippen molar-refractivity contribution in [2.24, 2.45) is 0 Å². The van der Waals surface area contributed by atoms with Crippen LogP contribution in [0, 0.1) is 6.92 Å². The minimum Gasteiger partial charge on any atom is -0.549 e. The van der Waals surface area contributed by atoms with Crippen molar-refractivity contribution in [1.82, 2.24) is 4.98 Å². The summed E-state index contributed by atoms with van der Waals surface area (Å²) in [5, 5.41) is 12.0. The number of nitrogens with zero attached hydrogens (tertiary/aromatic N) is 1. The van der Waals surface area contributed by atoms with E-state index in [2.05, 4.69) is 4.98 Å². The largest absolute Gasteiger partial charge is 1.00 e. The van der Waals surface area contributed by atoms with Crippen LogP contribution in [0.4, 0.5) is 0 Å². The number of aliphatic carboxylic acids is 1. The van der Waals surface area contributed by atoms with Crippen molar-refractivity contribution >= 4 is 40.2 Å². The van der Waals surface area contributed by atoms with Crippen LogP contribution in [-0.2, 0) is 4.79 Å². The quantitative estimate of drug-likeness (QED) is 0.542. The number of rotatable bonds is 3. The van der Waals surface area contributed by atoms with Crippen molar-refractivity contribution in [3.63, 3.8) is 0 Å². The van der Waals surface area contributed by atoms with E-state index in [1.165, 1.54) is 11.8 Å². The molecule has 0 radical (unpaired) electrons. The van der Waals surface area contributed by atoms with Gasteiger partial charge in [0.1, 0.15) is 0 Å². The van der Waals surface area contributed by atoms with Gasteiger partial charge in [-0.1, -0.05) is 11.6 Å². The molecule has 0 aliphatic carbocycles. The third-order valence-corrected chi connectivity index (χ3v) is 3.47. The number of halogens is 1. The van der Waals surface area contributed by atoms with Crippen molar-refractivity contribution in [3.05, 3.63) is 35.0 Å². The molecular weight excluding hydrogens is 297 g/mol. The maximum absolute atomic E-state index is 10.5. The van der Waals surface area contributed by atoms with Crippen LogP contribution in [0.2, 0.25) is 5.02 Å². The van der Waals surface area contributed by atoms with E-state index in [9.17, 15) is 9.90 Å². The number of carboxylic acid groups (broad SMARTS) is 1. The van der Waals surface area contributed by atoms with Crippen LogP contribution in [-0.4, -0.2) is 16.7 Å². The van der Waals surface area contributed by atoms with Crippen LogP contribution >= 0.6 is 23.4 Å². The summed E-state index contributed by atoms with van der Waals surface area (Å²) >= 11 is 7.15. The average Bonchev–Trinajstić information content (AvgIpc) is 2.26. The van der Waals surface area contributed by atoms with E-state index in [0.29, 0.717) is 5.02 Å². The van der Waals surface area contributed by atoms with Crippen LogP contribution < -0.4 is 56.5 Å². The Bertz CT molecular complexity index is 592. The number of thioether (sulfide) groups is 1. The molecule has 6 heteroatoms. The molecule has 0 saturated heterocycles. The van der Waals surface area contributed by atoms with Gasteiger partial charge in [0.2, 0.25) is 0 Å². The van der Waals surface area contributed by atoms with Crippen LogP contribution in [0.25, 0.3) is 10.9 Å². The number of aromatic nitrogens is 1. The summed E-state index contributed by atoms with van der Waals surface area (Å²) in [5.41, 5.74) is 1.66. The van der Waals surface area contributed by atoms with Gasteiger partial charge in [-0.15, -0.1) is 11.8 Å². The molecule has 1 heterocycles. The normalized spacial score (nSPS) is 10.1. The molecule has 0 amide bonds. The second-order valence-corrected chi connectivity index (χ2v) is 5.04. The van der Waals surface area contributed by atoms with E-state index >= 15 is 0 Å². The zero-order valence-electron chi connectivity index (χ0n) is 10.1. The fourth-order valence-corrected chi connectivity index (χ4v) is 2.57. The Morgan fingerprint density at radius 3 is 2.83 bits per heavy atom. The molecule has 0 saturated carbocycles. The van der Waals surface area contributed by atoms with Crippen molar-refractivity contribution < 1.29 is 61.3 Å². The van der Waals surface area contributed by atoms with Crippen molar-refractivity contribution in [2.45, 2.75) is 11.8 Å². The molecule has 0 spiro atoms. The molecule has 0 unspecified atom stereocenters. The molecule has 3 nitrogen and oxygen atoms in total. The molecule has 0 N–H and O–H groups in total. The fraction of sp³-hybridized carbons (Fsp3) is 0.167. The molecule has 2 rings (SSSR count). The van der Waals surface area contributed by atoms with Crippen molar-refractivity contribution in [1.29, 1.82) is 0 Å². The van der Waals surface area contributed by atoms with Crippen LogP contribution in [0.3, 0.4) is 0 Å². The SMILES string of the molecule is Cc1cc(SCC(=O)[O-])c2cc(Cl)ccc2n1.[K+]. The van der Waals surface area contributed by atoms with Gasteiger partial charge in [0.05, 0.1) is 11.5 Å². The monoisotopic (exact) mass is 305 g/mol. The number of aryl methyl sites for hydroxylation is 1. The third kappa shape index (κ3) is 4.20. The molecule has 0 bridgehead atoms. The molecule has 1 aromatic heterocycles. The first-order valence-electron chi connectivity index (χ1n) is 4.96. The molecule has 0 atom stereocenters. The summed E-state index contributed by atoms with van der Waals surface area (Å²) < 4.78 is 0. The van der Waals surface area contributed by atoms with Crippen LogP contribution in [0.1, 0.15) is 5.69 Å². The van der Waals surface area contributed by atoms with Crippen LogP contribution in [0.15, 0.2) is 29.2 Å². The Balaban J connectivity index is 0.00000162. The number of pyridine rings is 1. The predicted octanol–water partition coefficient (Wildman–Crippen LogP) is -0.957. The first kappa shape index (κ1) is 16.4. The van der Waals surface area contributed by atoms with Gasteiger partial charge in [0, 0.05) is 26.8 Å². The van der Waals surface area contributed by atoms with Gasteiger partial charge in [-0.3, -0.25) is 4.98 Å². The molecule has 1 aromatic carbocycles. The Hall–Kier alpha value is 0.376. The molecule has 2 aromatic rings. The van der Waals surface area contributed by atoms with Gasteiger partial charge >= 0.3 is 51.4 Å². The molecule has 0 fully saturated rings. The maximum Gasteiger partial charge on any atom is 1.00 e. The number of fused-ring (bicyclic) bond motifs is 1. The smallest absolute Gasteiger partial charge is 0.549 e. The summed E-state index contributed by atoms with van der Waals surface area (Å²) in [6.07, 6.45) is 0. The van der Waals surface area contributed by atoms with Gasteiger partial charge in [-0.2, -0.15) is 0 Å². The van der Waals surface area contributed by atoms with Crippen LogP contribution in [0.5, 0.6) is 0 Å². The second-order valence-electron chi connectivity index (χ2n) is 3.58. The number of hydrogen-bond acceptors (Lipinski definition) is 4. The van der Waals surface area contributed by atoms with E-state index in [4.69, 9.17) is 11.6 Å². The summed E-state index contributed by atoms with van der Waals surface area (Å²) in [6.45, 7) is 1.87. The average molecular weight is 306 g/mol. The molecule has 0 aliphatic heterocycles. The predicted molar refractivity (Wildman–Crippen MR) is 67.2 cm³/mol. The summed E-state index contributed by atoms with van der Waals surface area (Å²) in [6, 6.07) is 7.24. The molecule has 88 valence electrons. The van der Waals surface area contributed by atoms with E-state index in [1.54, 1.807) is 12.1 Å². The molecule has 18 heavy (non-hydrogen) atoms. The number of benzene rings is 1. The summed E-state index contributed by atoms with van der Waals surface area (Å²) in [5.74, 6) is -1.16. The van der Waals surface area contributed by atoms with Gasteiger partial charge in [-0.05, 0) is 31.2 Å². The third-order valence-electron chi connectivity index (χ3n) is 2.21. The van der Waals surface area contributed by atoms with Gasteiger partial charge in [0.15, 0.2) is 0 Å². The first-order chi connectivity index (χ1) is 8.06. The number of carboxylic acids is 1. The number of carbonyl (C=O) groups excluding carboxylic acids is 1. The number of hydrogen-bond donors (Lipinski definition) is 0. The van der Waals surface area contributed by atoms with Crippen molar-refractivity contribution in [3.8, 4) is 0 Å². The van der Waals surface area contributed by atoms with Crippen molar-refractivity contribution in [2.75, 3.05) is 5.75 Å². The zero-order valence-corrected chi connectivity index (χ0v) is 14.8. The van der Waals surface area contributed by atoms with Gasteiger partial charge < -0.3 is 9.90 Å². The minimum atomic E-state index is -1.08. The molecule has 0 aliphatic rings. The standard InChI is InChI=1S/C12H10ClNO2S.K/c1-7-4-11(17-6-12(15)16)9-5-8(13)2-3-10(9)14-7;/h2-5H,6H2,1H3,(H,15,16);/q;+1/p-1. The summed E-state index contributed by atoms with van der Waals surface area (Å²) in [7, 11) is 0. The maximum atomic E-state index is 10.5.